The topological polar surface area (TPSA) is 80.4 Å². The number of thioether (sulfide) groups is 1. The molecule has 0 aliphatic carbocycles. The summed E-state index contributed by atoms with van der Waals surface area (Å²) in [5.74, 6) is -1.63. The van der Waals surface area contributed by atoms with Gasteiger partial charge in [0.1, 0.15) is 0 Å². The van der Waals surface area contributed by atoms with Gasteiger partial charge in [-0.25, -0.2) is 4.39 Å². The Hall–Kier alpha value is -1.89. The molecule has 0 unspecified atom stereocenters. The lowest BCUT2D eigenvalue weighted by Crippen LogP contribution is -1.92. The summed E-state index contributed by atoms with van der Waals surface area (Å²) >= 11 is 1.07. The normalized spacial score (nSPS) is 10.8. The number of nitrogens with zero attached hydrogens (tertiary/aromatic N) is 1. The molecule has 0 amide bonds. The van der Waals surface area contributed by atoms with Crippen molar-refractivity contribution >= 4 is 28.6 Å². The number of hydrogen-bond acceptors (Lipinski definition) is 5. The zero-order valence-corrected chi connectivity index (χ0v) is 10.2. The zero-order valence-electron chi connectivity index (χ0n) is 9.42. The van der Waals surface area contributed by atoms with E-state index in [9.17, 15) is 19.3 Å². The van der Waals surface area contributed by atoms with Crippen molar-refractivity contribution in [1.82, 2.24) is 0 Å². The Morgan fingerprint density at radius 2 is 2.28 bits per heavy atom. The summed E-state index contributed by atoms with van der Waals surface area (Å²) in [5, 5.41) is 19.6. The smallest absolute Gasteiger partial charge is 0.314 e. The highest BCUT2D eigenvalue weighted by Crippen LogP contribution is 2.30. The number of nitro benzene ring substituents is 1. The van der Waals surface area contributed by atoms with Crippen molar-refractivity contribution in [2.45, 2.75) is 6.92 Å². The number of rotatable bonds is 4. The Morgan fingerprint density at radius 1 is 1.61 bits per heavy atom. The molecule has 0 heterocycles. The lowest BCUT2D eigenvalue weighted by atomic mass is 10.1. The third-order valence-corrected chi connectivity index (χ3v) is 2.72. The minimum Gasteiger partial charge on any atom is -0.500 e. The van der Waals surface area contributed by atoms with Crippen LogP contribution in [0.5, 0.6) is 5.75 Å². The van der Waals surface area contributed by atoms with E-state index in [0.717, 1.165) is 23.9 Å². The molecule has 0 fully saturated rings. The van der Waals surface area contributed by atoms with Gasteiger partial charge in [-0.05, 0) is 11.6 Å². The van der Waals surface area contributed by atoms with Crippen molar-refractivity contribution in [3.63, 3.8) is 0 Å². The van der Waals surface area contributed by atoms with Gasteiger partial charge in [-0.2, -0.15) is 0 Å². The van der Waals surface area contributed by atoms with E-state index in [4.69, 9.17) is 5.11 Å². The Kier molecular flexibility index (Phi) is 4.85. The molecule has 0 aromatic heterocycles. The van der Waals surface area contributed by atoms with Crippen molar-refractivity contribution in [2.75, 3.05) is 5.75 Å². The van der Waals surface area contributed by atoms with Gasteiger partial charge in [0.15, 0.2) is 10.9 Å². The lowest BCUT2D eigenvalue weighted by molar-refractivity contribution is -0.386. The SMILES string of the molecule is CC(=O)SCC=Cc1cc(F)c(O)c([N+](=O)[O-])c1. The second kappa shape index (κ2) is 6.15. The molecule has 0 saturated carbocycles. The van der Waals surface area contributed by atoms with Crippen molar-refractivity contribution in [3.05, 3.63) is 39.7 Å². The summed E-state index contributed by atoms with van der Waals surface area (Å²) < 4.78 is 13.2. The fourth-order valence-corrected chi connectivity index (χ4v) is 1.62. The maximum absolute atomic E-state index is 13.2. The van der Waals surface area contributed by atoms with E-state index in [0.29, 0.717) is 5.75 Å². The second-order valence-electron chi connectivity index (χ2n) is 3.33. The molecule has 1 N–H and O–H groups in total. The minimum atomic E-state index is -1.05. The number of benzene rings is 1. The van der Waals surface area contributed by atoms with Crippen LogP contribution in [-0.2, 0) is 4.79 Å². The van der Waals surface area contributed by atoms with Crippen LogP contribution < -0.4 is 0 Å². The van der Waals surface area contributed by atoms with Gasteiger partial charge < -0.3 is 5.11 Å². The molecule has 5 nitrogen and oxygen atoms in total. The van der Waals surface area contributed by atoms with E-state index in [1.165, 1.54) is 13.0 Å². The third kappa shape index (κ3) is 3.85. The summed E-state index contributed by atoms with van der Waals surface area (Å²) in [7, 11) is 0. The minimum absolute atomic E-state index is 0.0532. The van der Waals surface area contributed by atoms with E-state index < -0.39 is 22.2 Å². The number of halogens is 1. The Balaban J connectivity index is 2.90. The summed E-state index contributed by atoms with van der Waals surface area (Å²) in [5.41, 5.74) is -0.435. The molecule has 7 heteroatoms. The van der Waals surface area contributed by atoms with Crippen molar-refractivity contribution in [3.8, 4) is 5.75 Å². The Bertz CT molecular complexity index is 516. The van der Waals surface area contributed by atoms with Gasteiger partial charge in [0, 0.05) is 18.7 Å². The Morgan fingerprint density at radius 3 is 2.83 bits per heavy atom. The van der Waals surface area contributed by atoms with Crippen molar-refractivity contribution < 1.29 is 19.2 Å². The highest BCUT2D eigenvalue weighted by Gasteiger charge is 2.18. The molecule has 0 atom stereocenters. The maximum atomic E-state index is 13.2. The van der Waals surface area contributed by atoms with Crippen LogP contribution in [-0.4, -0.2) is 20.9 Å². The van der Waals surface area contributed by atoms with Gasteiger partial charge in [-0.1, -0.05) is 23.9 Å². The van der Waals surface area contributed by atoms with Crippen LogP contribution in [0.3, 0.4) is 0 Å². The van der Waals surface area contributed by atoms with E-state index in [1.54, 1.807) is 6.08 Å². The molecule has 1 aromatic carbocycles. The molecule has 0 spiro atoms. The number of aromatic hydroxyl groups is 1. The Labute approximate surface area is 106 Å². The number of nitro groups is 1. The number of carbonyl (C=O) groups excluding carboxylic acids is 1. The van der Waals surface area contributed by atoms with Gasteiger partial charge >= 0.3 is 5.69 Å². The van der Waals surface area contributed by atoms with Gasteiger partial charge in [-0.15, -0.1) is 0 Å². The molecular formula is C11H10FNO4S. The molecule has 0 radical (unpaired) electrons. The largest absolute Gasteiger partial charge is 0.500 e. The molecule has 1 rings (SSSR count). The molecule has 18 heavy (non-hydrogen) atoms. The second-order valence-corrected chi connectivity index (χ2v) is 4.53. The van der Waals surface area contributed by atoms with Gasteiger partial charge in [0.25, 0.3) is 0 Å². The van der Waals surface area contributed by atoms with E-state index in [2.05, 4.69) is 0 Å². The maximum Gasteiger partial charge on any atom is 0.314 e. The first-order chi connectivity index (χ1) is 8.41. The van der Waals surface area contributed by atoms with Crippen molar-refractivity contribution in [2.24, 2.45) is 0 Å². The fraction of sp³-hybridized carbons (Fsp3) is 0.182. The number of hydrogen-bond donors (Lipinski definition) is 1. The molecule has 96 valence electrons. The van der Waals surface area contributed by atoms with Crippen LogP contribution in [0.2, 0.25) is 0 Å². The third-order valence-electron chi connectivity index (χ3n) is 1.96. The molecule has 0 aliphatic rings. The van der Waals surface area contributed by atoms with Crippen LogP contribution in [0.25, 0.3) is 6.08 Å². The van der Waals surface area contributed by atoms with Gasteiger partial charge in [0.05, 0.1) is 4.92 Å². The molecule has 1 aromatic rings. The average molecular weight is 271 g/mol. The highest BCUT2D eigenvalue weighted by atomic mass is 32.2. The van der Waals surface area contributed by atoms with E-state index in [1.807, 2.05) is 0 Å². The predicted molar refractivity (Wildman–Crippen MR) is 66.9 cm³/mol. The highest BCUT2D eigenvalue weighted by molar-refractivity contribution is 8.13. The number of carbonyl (C=O) groups is 1. The average Bonchev–Trinajstić information content (AvgIpc) is 2.28. The van der Waals surface area contributed by atoms with E-state index in [-0.39, 0.29) is 10.7 Å². The monoisotopic (exact) mass is 271 g/mol. The summed E-state index contributed by atoms with van der Waals surface area (Å²) in [6.07, 6.45) is 3.03. The molecule has 0 saturated heterocycles. The van der Waals surface area contributed by atoms with Crippen LogP contribution >= 0.6 is 11.8 Å². The van der Waals surface area contributed by atoms with Crippen LogP contribution in [0.4, 0.5) is 10.1 Å². The fourth-order valence-electron chi connectivity index (χ4n) is 1.19. The first-order valence-corrected chi connectivity index (χ1v) is 5.87. The van der Waals surface area contributed by atoms with Crippen LogP contribution in [0, 0.1) is 15.9 Å². The molecule has 0 bridgehead atoms. The first-order valence-electron chi connectivity index (χ1n) is 4.88. The number of phenolic OH excluding ortho intramolecular Hbond substituents is 1. The van der Waals surface area contributed by atoms with E-state index >= 15 is 0 Å². The quantitative estimate of drug-likeness (QED) is 0.672. The van der Waals surface area contributed by atoms with Crippen LogP contribution in [0.1, 0.15) is 12.5 Å². The summed E-state index contributed by atoms with van der Waals surface area (Å²) in [6.45, 7) is 1.42. The van der Waals surface area contributed by atoms with Crippen molar-refractivity contribution in [1.29, 1.82) is 0 Å². The first kappa shape index (κ1) is 14.2. The standard InChI is InChI=1S/C11H10FNO4S/c1-7(14)18-4-2-3-8-5-9(12)11(15)10(6-8)13(16)17/h2-3,5-6,15H,4H2,1H3. The summed E-state index contributed by atoms with van der Waals surface area (Å²) in [4.78, 5) is 20.3. The van der Waals surface area contributed by atoms with Gasteiger partial charge in [-0.3, -0.25) is 14.9 Å². The zero-order chi connectivity index (χ0) is 13.7. The predicted octanol–water partition coefficient (Wildman–Crippen LogP) is 2.73. The molecular weight excluding hydrogens is 261 g/mol. The van der Waals surface area contributed by atoms with Gasteiger partial charge in [0.2, 0.25) is 5.75 Å². The van der Waals surface area contributed by atoms with Crippen LogP contribution in [0.15, 0.2) is 18.2 Å². The molecule has 0 aliphatic heterocycles. The number of phenols is 1. The lowest BCUT2D eigenvalue weighted by Gasteiger charge is -1.99. The summed E-state index contributed by atoms with van der Waals surface area (Å²) in [6, 6.07) is 2.05.